The Bertz CT molecular complexity index is 694. The van der Waals surface area contributed by atoms with Crippen LogP contribution in [0.25, 0.3) is 0 Å². The van der Waals surface area contributed by atoms with Crippen molar-refractivity contribution in [3.05, 3.63) is 29.0 Å². The third kappa shape index (κ3) is 3.74. The number of carbonyl (C=O) groups excluding carboxylic acids is 2. The Hall–Kier alpha value is -2.61. The molecule has 0 fully saturated rings. The van der Waals surface area contributed by atoms with Crippen molar-refractivity contribution in [2.45, 2.75) is 13.0 Å². The van der Waals surface area contributed by atoms with Gasteiger partial charge in [-0.05, 0) is 24.6 Å². The predicted octanol–water partition coefficient (Wildman–Crippen LogP) is 1.82. The number of nitrogens with one attached hydrogen (secondary N) is 2. The first-order chi connectivity index (χ1) is 12.0. The summed E-state index contributed by atoms with van der Waals surface area (Å²) >= 11 is 5.88. The normalized spacial score (nSPS) is 16.8. The molecule has 9 heteroatoms. The molecule has 0 aromatic heterocycles. The molecule has 0 saturated heterocycles. The number of ether oxygens (including phenoxy) is 3. The van der Waals surface area contributed by atoms with Gasteiger partial charge in [-0.2, -0.15) is 0 Å². The van der Waals surface area contributed by atoms with Crippen molar-refractivity contribution < 1.29 is 28.9 Å². The van der Waals surface area contributed by atoms with Gasteiger partial charge >= 0.3 is 12.0 Å². The molecule has 3 N–H and O–H groups in total. The molecule has 1 aliphatic heterocycles. The Morgan fingerprint density at radius 2 is 1.88 bits per heavy atom. The topological polar surface area (TPSA) is 106 Å². The van der Waals surface area contributed by atoms with Gasteiger partial charge in [0.2, 0.25) is 5.75 Å². The van der Waals surface area contributed by atoms with E-state index >= 15 is 0 Å². The van der Waals surface area contributed by atoms with Crippen LogP contribution in [0.2, 0.25) is 0 Å². The van der Waals surface area contributed by atoms with E-state index in [0.29, 0.717) is 5.56 Å². The third-order valence-electron chi connectivity index (χ3n) is 3.62. The van der Waals surface area contributed by atoms with Gasteiger partial charge in [-0.15, -0.1) is 11.6 Å². The molecule has 2 rings (SSSR count). The summed E-state index contributed by atoms with van der Waals surface area (Å²) in [5.41, 5.74) is 0.887. The highest BCUT2D eigenvalue weighted by Crippen LogP contribution is 2.40. The molecule has 0 bridgehead atoms. The summed E-state index contributed by atoms with van der Waals surface area (Å²) in [5, 5.41) is 15.2. The Balaban J connectivity index is 2.61. The van der Waals surface area contributed by atoms with E-state index in [9.17, 15) is 14.7 Å². The first-order valence-corrected chi connectivity index (χ1v) is 7.98. The molecule has 0 radical (unpaired) electrons. The molecule has 0 spiro atoms. The third-order valence-corrected chi connectivity index (χ3v) is 3.89. The lowest BCUT2D eigenvalue weighted by Gasteiger charge is -2.29. The average molecular weight is 371 g/mol. The second-order valence-electron chi connectivity index (χ2n) is 5.05. The van der Waals surface area contributed by atoms with E-state index < -0.39 is 18.0 Å². The first kappa shape index (κ1) is 18.7. The molecule has 1 heterocycles. The number of hydrogen-bond acceptors (Lipinski definition) is 6. The van der Waals surface area contributed by atoms with Crippen LogP contribution in [-0.4, -0.2) is 43.8 Å². The van der Waals surface area contributed by atoms with E-state index in [1.807, 2.05) is 0 Å². The smallest absolute Gasteiger partial charge is 0.338 e. The minimum Gasteiger partial charge on any atom is -0.502 e. The van der Waals surface area contributed by atoms with Crippen molar-refractivity contribution in [1.82, 2.24) is 10.6 Å². The van der Waals surface area contributed by atoms with Crippen LogP contribution in [0.5, 0.6) is 17.2 Å². The zero-order chi connectivity index (χ0) is 18.6. The standard InChI is InChI=1S/C16H19ClN2O6/c1-4-25-15(21)12-9(7-17)18-16(22)19-13(12)8-5-10(23-2)14(20)11(6-8)24-3/h5-6,13,20H,4,7H2,1-3H3,(H2,18,19,22)/t13-/m1/s1. The largest absolute Gasteiger partial charge is 0.502 e. The minimum absolute atomic E-state index is 0.0789. The van der Waals surface area contributed by atoms with Crippen LogP contribution in [0.4, 0.5) is 4.79 Å². The zero-order valence-corrected chi connectivity index (χ0v) is 14.8. The Labute approximate surface area is 149 Å². The summed E-state index contributed by atoms with van der Waals surface area (Å²) < 4.78 is 15.3. The number of methoxy groups -OCH3 is 2. The maximum Gasteiger partial charge on any atom is 0.338 e. The van der Waals surface area contributed by atoms with Gasteiger partial charge in [-0.3, -0.25) is 0 Å². The summed E-state index contributed by atoms with van der Waals surface area (Å²) in [7, 11) is 2.76. The summed E-state index contributed by atoms with van der Waals surface area (Å²) in [6.07, 6.45) is 0. The van der Waals surface area contributed by atoms with Crippen LogP contribution in [-0.2, 0) is 9.53 Å². The number of benzene rings is 1. The summed E-state index contributed by atoms with van der Waals surface area (Å²) in [6.45, 7) is 1.84. The van der Waals surface area contributed by atoms with Gasteiger partial charge in [0.1, 0.15) is 0 Å². The maximum absolute atomic E-state index is 12.4. The number of halogens is 1. The number of aromatic hydroxyl groups is 1. The van der Waals surface area contributed by atoms with Crippen LogP contribution in [0.3, 0.4) is 0 Å². The molecular weight excluding hydrogens is 352 g/mol. The number of allylic oxidation sites excluding steroid dienone is 1. The highest BCUT2D eigenvalue weighted by Gasteiger charge is 2.34. The monoisotopic (exact) mass is 370 g/mol. The van der Waals surface area contributed by atoms with E-state index in [0.717, 1.165) is 0 Å². The second-order valence-corrected chi connectivity index (χ2v) is 5.32. The van der Waals surface area contributed by atoms with Gasteiger partial charge in [0.25, 0.3) is 0 Å². The highest BCUT2D eigenvalue weighted by molar-refractivity contribution is 6.20. The Morgan fingerprint density at radius 1 is 1.28 bits per heavy atom. The van der Waals surface area contributed by atoms with Crippen molar-refractivity contribution in [2.24, 2.45) is 0 Å². The lowest BCUT2D eigenvalue weighted by atomic mass is 9.95. The van der Waals surface area contributed by atoms with E-state index in [2.05, 4.69) is 10.6 Å². The number of alkyl halides is 1. The average Bonchev–Trinajstić information content (AvgIpc) is 2.61. The lowest BCUT2D eigenvalue weighted by Crippen LogP contribution is -2.46. The SMILES string of the molecule is CCOC(=O)C1=C(CCl)NC(=O)N[C@@H]1c1cc(OC)c(O)c(OC)c1. The molecular formula is C16H19ClN2O6. The van der Waals surface area contributed by atoms with E-state index in [-0.39, 0.29) is 41.0 Å². The number of esters is 1. The molecule has 136 valence electrons. The van der Waals surface area contributed by atoms with Crippen molar-refractivity contribution in [3.63, 3.8) is 0 Å². The minimum atomic E-state index is -0.843. The fourth-order valence-corrected chi connectivity index (χ4v) is 2.71. The second kappa shape index (κ2) is 7.98. The predicted molar refractivity (Wildman–Crippen MR) is 90.0 cm³/mol. The van der Waals surface area contributed by atoms with Gasteiger partial charge in [-0.1, -0.05) is 0 Å². The van der Waals surface area contributed by atoms with Gasteiger partial charge in [0, 0.05) is 5.70 Å². The summed E-state index contributed by atoms with van der Waals surface area (Å²) in [6, 6.07) is 1.64. The van der Waals surface area contributed by atoms with Crippen molar-refractivity contribution >= 4 is 23.6 Å². The Kier molecular flexibility index (Phi) is 5.97. The first-order valence-electron chi connectivity index (χ1n) is 7.45. The van der Waals surface area contributed by atoms with Crippen LogP contribution < -0.4 is 20.1 Å². The molecule has 1 aromatic rings. The van der Waals surface area contributed by atoms with Crippen LogP contribution in [0, 0.1) is 0 Å². The summed E-state index contributed by atoms with van der Waals surface area (Å²) in [5.74, 6) is -0.602. The number of phenolic OH excluding ortho intramolecular Hbond substituents is 1. The number of amides is 2. The molecule has 25 heavy (non-hydrogen) atoms. The van der Waals surface area contributed by atoms with Crippen LogP contribution in [0.1, 0.15) is 18.5 Å². The van der Waals surface area contributed by atoms with E-state index in [4.69, 9.17) is 25.8 Å². The van der Waals surface area contributed by atoms with Gasteiger partial charge in [0.05, 0.1) is 38.3 Å². The number of rotatable bonds is 6. The van der Waals surface area contributed by atoms with Gasteiger partial charge < -0.3 is 30.0 Å². The van der Waals surface area contributed by atoms with Crippen molar-refractivity contribution in [1.29, 1.82) is 0 Å². The van der Waals surface area contributed by atoms with Crippen LogP contribution >= 0.6 is 11.6 Å². The van der Waals surface area contributed by atoms with E-state index in [1.165, 1.54) is 26.4 Å². The van der Waals surface area contributed by atoms with Crippen molar-refractivity contribution in [3.8, 4) is 17.2 Å². The molecule has 0 unspecified atom stereocenters. The molecule has 0 aliphatic carbocycles. The zero-order valence-electron chi connectivity index (χ0n) is 14.0. The van der Waals surface area contributed by atoms with Crippen LogP contribution in [0.15, 0.2) is 23.4 Å². The van der Waals surface area contributed by atoms with Gasteiger partial charge in [0.15, 0.2) is 11.5 Å². The Morgan fingerprint density at radius 3 is 2.36 bits per heavy atom. The molecule has 1 aromatic carbocycles. The number of urea groups is 1. The fourth-order valence-electron chi connectivity index (χ4n) is 2.50. The van der Waals surface area contributed by atoms with Crippen molar-refractivity contribution in [2.75, 3.05) is 26.7 Å². The van der Waals surface area contributed by atoms with E-state index in [1.54, 1.807) is 6.92 Å². The molecule has 1 aliphatic rings. The summed E-state index contributed by atoms with van der Waals surface area (Å²) in [4.78, 5) is 24.3. The number of phenols is 1. The van der Waals surface area contributed by atoms with Gasteiger partial charge in [-0.25, -0.2) is 9.59 Å². The quantitative estimate of drug-likeness (QED) is 0.521. The highest BCUT2D eigenvalue weighted by atomic mass is 35.5. The number of hydrogen-bond donors (Lipinski definition) is 3. The maximum atomic E-state index is 12.4. The molecule has 1 atom stereocenters. The lowest BCUT2D eigenvalue weighted by molar-refractivity contribution is -0.139. The molecule has 0 saturated carbocycles. The number of carbonyl (C=O) groups is 2. The molecule has 8 nitrogen and oxygen atoms in total. The molecule has 2 amide bonds. The fraction of sp³-hybridized carbons (Fsp3) is 0.375.